The van der Waals surface area contributed by atoms with Crippen molar-refractivity contribution >= 4 is 37.6 Å². The van der Waals surface area contributed by atoms with Crippen molar-refractivity contribution in [2.45, 2.75) is 39.3 Å². The molecule has 0 atom stereocenters. The number of rotatable bonds is 6. The van der Waals surface area contributed by atoms with E-state index in [4.69, 9.17) is 4.98 Å². The van der Waals surface area contributed by atoms with Crippen LogP contribution in [0.2, 0.25) is 39.3 Å². The summed E-state index contributed by atoms with van der Waals surface area (Å²) in [6.45, 7) is 14.7. The summed E-state index contributed by atoms with van der Waals surface area (Å²) in [5, 5.41) is 2.99. The summed E-state index contributed by atoms with van der Waals surface area (Å²) in [5.74, 6) is 1.01. The maximum absolute atomic E-state index is 5.29. The minimum Gasteiger partial charge on any atom is -0.293 e. The molecule has 0 saturated carbocycles. The quantitative estimate of drug-likeness (QED) is 0.184. The van der Waals surface area contributed by atoms with E-state index in [1.165, 1.54) is 43.8 Å². The van der Waals surface area contributed by atoms with Gasteiger partial charge in [-0.3, -0.25) is 4.57 Å². The lowest BCUT2D eigenvalue weighted by atomic mass is 9.99. The zero-order valence-corrected chi connectivity index (χ0v) is 26.9. The van der Waals surface area contributed by atoms with Crippen molar-refractivity contribution in [2.75, 3.05) is 0 Å². The fourth-order valence-electron chi connectivity index (χ4n) is 5.76. The Bertz CT molecular complexity index is 1810. The van der Waals surface area contributed by atoms with Crippen LogP contribution in [-0.2, 0) is 0 Å². The zero-order chi connectivity index (χ0) is 28.8. The molecular formula is C37H38N2Si2. The molecule has 0 aliphatic heterocycles. The number of fused-ring (bicyclic) bond motifs is 1. The molecule has 4 heteroatoms. The largest absolute Gasteiger partial charge is 0.293 e. The van der Waals surface area contributed by atoms with Gasteiger partial charge in [0.25, 0.3) is 0 Å². The molecule has 41 heavy (non-hydrogen) atoms. The SMILES string of the molecule is C[Si](C)(C)c1cccc([Si](C)(C)C)c1-n1c(-c2cccc(-c3ccc(-c4ccccc4)cc3)c2)nc2ccccc21. The van der Waals surface area contributed by atoms with E-state index in [9.17, 15) is 0 Å². The maximum Gasteiger partial charge on any atom is 0.145 e. The third-order valence-electron chi connectivity index (χ3n) is 7.88. The van der Waals surface area contributed by atoms with Crippen LogP contribution in [-0.4, -0.2) is 25.7 Å². The Morgan fingerprint density at radius 1 is 0.463 bits per heavy atom. The van der Waals surface area contributed by atoms with E-state index in [1.54, 1.807) is 0 Å². The fourth-order valence-corrected chi connectivity index (χ4v) is 9.00. The van der Waals surface area contributed by atoms with Crippen LogP contribution in [0.25, 0.3) is 50.4 Å². The average molecular weight is 567 g/mol. The standard InChI is InChI=1S/C37H38N2Si2/c1-40(2,3)34-20-13-21-35(41(4,5)6)36(34)39-33-19-11-10-18-32(33)38-37(39)31-17-12-16-30(26-31)29-24-22-28(23-25-29)27-14-8-7-9-15-27/h7-26H,1-6H3. The predicted octanol–water partition coefficient (Wildman–Crippen LogP) is 9.12. The monoisotopic (exact) mass is 566 g/mol. The Labute approximate surface area is 246 Å². The average Bonchev–Trinajstić information content (AvgIpc) is 3.36. The van der Waals surface area contributed by atoms with Crippen molar-refractivity contribution in [3.05, 3.63) is 121 Å². The van der Waals surface area contributed by atoms with E-state index in [-0.39, 0.29) is 0 Å². The van der Waals surface area contributed by atoms with E-state index in [1.807, 2.05) is 0 Å². The number of imidazole rings is 1. The highest BCUT2D eigenvalue weighted by Crippen LogP contribution is 2.32. The molecule has 0 saturated heterocycles. The predicted molar refractivity (Wildman–Crippen MR) is 183 cm³/mol. The Kier molecular flexibility index (Phi) is 6.92. The van der Waals surface area contributed by atoms with Gasteiger partial charge in [-0.2, -0.15) is 0 Å². The molecule has 6 aromatic rings. The molecule has 0 amide bonds. The third-order valence-corrected chi connectivity index (χ3v) is 11.9. The summed E-state index contributed by atoms with van der Waals surface area (Å²) in [6, 6.07) is 44.0. The van der Waals surface area contributed by atoms with Crippen LogP contribution < -0.4 is 10.4 Å². The van der Waals surface area contributed by atoms with Gasteiger partial charge in [0.05, 0.1) is 27.2 Å². The molecule has 204 valence electrons. The minimum atomic E-state index is -1.68. The van der Waals surface area contributed by atoms with E-state index < -0.39 is 16.1 Å². The van der Waals surface area contributed by atoms with E-state index in [0.29, 0.717) is 0 Å². The Morgan fingerprint density at radius 3 is 1.59 bits per heavy atom. The molecule has 5 aromatic carbocycles. The summed E-state index contributed by atoms with van der Waals surface area (Å²) >= 11 is 0. The Morgan fingerprint density at radius 2 is 0.951 bits per heavy atom. The number of aromatic nitrogens is 2. The van der Waals surface area contributed by atoms with Crippen LogP contribution in [0.3, 0.4) is 0 Å². The number of benzene rings is 5. The first kappa shape index (κ1) is 27.2. The van der Waals surface area contributed by atoms with Gasteiger partial charge in [-0.15, -0.1) is 0 Å². The van der Waals surface area contributed by atoms with Gasteiger partial charge >= 0.3 is 0 Å². The number of hydrogen-bond donors (Lipinski definition) is 0. The van der Waals surface area contributed by atoms with Crippen molar-refractivity contribution in [1.82, 2.24) is 9.55 Å². The molecule has 0 spiro atoms. The van der Waals surface area contributed by atoms with E-state index >= 15 is 0 Å². The molecule has 0 radical (unpaired) electrons. The molecule has 0 unspecified atom stereocenters. The fraction of sp³-hybridized carbons (Fsp3) is 0.162. The van der Waals surface area contributed by atoms with Gasteiger partial charge in [0, 0.05) is 11.3 Å². The Hall–Kier alpha value is -4.00. The molecule has 1 aromatic heterocycles. The first-order valence-electron chi connectivity index (χ1n) is 14.5. The maximum atomic E-state index is 5.29. The molecule has 0 bridgehead atoms. The summed E-state index contributed by atoms with van der Waals surface area (Å²) in [5.41, 5.74) is 9.58. The molecule has 0 N–H and O–H groups in total. The lowest BCUT2D eigenvalue weighted by Gasteiger charge is -2.29. The third kappa shape index (κ3) is 5.26. The molecule has 0 aliphatic rings. The van der Waals surface area contributed by atoms with Crippen molar-refractivity contribution in [3.63, 3.8) is 0 Å². The van der Waals surface area contributed by atoms with E-state index in [2.05, 4.69) is 165 Å². The smallest absolute Gasteiger partial charge is 0.145 e. The molecule has 2 nitrogen and oxygen atoms in total. The van der Waals surface area contributed by atoms with Gasteiger partial charge < -0.3 is 0 Å². The van der Waals surface area contributed by atoms with Gasteiger partial charge in [-0.05, 0) is 50.8 Å². The molecule has 0 fully saturated rings. The summed E-state index contributed by atoms with van der Waals surface area (Å²) < 4.78 is 2.48. The van der Waals surface area contributed by atoms with Crippen molar-refractivity contribution in [2.24, 2.45) is 0 Å². The molecule has 1 heterocycles. The lowest BCUT2D eigenvalue weighted by molar-refractivity contribution is 1.12. The molecule has 0 aliphatic carbocycles. The second-order valence-corrected chi connectivity index (χ2v) is 23.1. The second kappa shape index (κ2) is 10.4. The minimum absolute atomic E-state index is 1.01. The summed E-state index contributed by atoms with van der Waals surface area (Å²) in [6.07, 6.45) is 0. The van der Waals surface area contributed by atoms with Gasteiger partial charge in [-0.1, -0.05) is 142 Å². The van der Waals surface area contributed by atoms with Crippen LogP contribution in [0.4, 0.5) is 0 Å². The van der Waals surface area contributed by atoms with Crippen LogP contribution in [0.1, 0.15) is 0 Å². The van der Waals surface area contributed by atoms with Gasteiger partial charge in [0.2, 0.25) is 0 Å². The topological polar surface area (TPSA) is 17.8 Å². The number of hydrogen-bond acceptors (Lipinski definition) is 1. The number of nitrogens with zero attached hydrogens (tertiary/aromatic N) is 2. The number of para-hydroxylation sites is 3. The highest BCUT2D eigenvalue weighted by Gasteiger charge is 2.30. The Balaban J connectivity index is 1.55. The highest BCUT2D eigenvalue weighted by atomic mass is 28.3. The second-order valence-electron chi connectivity index (χ2n) is 13.0. The molecular weight excluding hydrogens is 529 g/mol. The first-order chi connectivity index (χ1) is 19.6. The van der Waals surface area contributed by atoms with Crippen LogP contribution >= 0.6 is 0 Å². The summed E-state index contributed by atoms with van der Waals surface area (Å²) in [7, 11) is -3.36. The van der Waals surface area contributed by atoms with Crippen molar-refractivity contribution in [3.8, 4) is 39.3 Å². The zero-order valence-electron chi connectivity index (χ0n) is 24.9. The van der Waals surface area contributed by atoms with Crippen molar-refractivity contribution in [1.29, 1.82) is 0 Å². The first-order valence-corrected chi connectivity index (χ1v) is 21.5. The van der Waals surface area contributed by atoms with Crippen LogP contribution in [0.15, 0.2) is 121 Å². The summed E-state index contributed by atoms with van der Waals surface area (Å²) in [4.78, 5) is 5.29. The van der Waals surface area contributed by atoms with Gasteiger partial charge in [-0.25, -0.2) is 4.98 Å². The van der Waals surface area contributed by atoms with Crippen molar-refractivity contribution < 1.29 is 0 Å². The highest BCUT2D eigenvalue weighted by molar-refractivity contribution is 6.93. The normalized spacial score (nSPS) is 12.1. The lowest BCUT2D eigenvalue weighted by Crippen LogP contribution is -2.49. The van der Waals surface area contributed by atoms with Crippen LogP contribution in [0.5, 0.6) is 0 Å². The van der Waals surface area contributed by atoms with Gasteiger partial charge in [0.1, 0.15) is 5.82 Å². The molecule has 6 rings (SSSR count). The van der Waals surface area contributed by atoms with Crippen LogP contribution in [0, 0.1) is 0 Å². The van der Waals surface area contributed by atoms with E-state index in [0.717, 1.165) is 16.9 Å². The van der Waals surface area contributed by atoms with Gasteiger partial charge in [0.15, 0.2) is 0 Å².